The van der Waals surface area contributed by atoms with Crippen molar-refractivity contribution >= 4 is 38.3 Å². The quantitative estimate of drug-likeness (QED) is 0.393. The normalized spacial score (nSPS) is 13.1. The van der Waals surface area contributed by atoms with E-state index in [1.165, 1.54) is 12.5 Å². The highest BCUT2D eigenvalue weighted by molar-refractivity contribution is 7.92. The van der Waals surface area contributed by atoms with Crippen LogP contribution in [0.2, 0.25) is 0 Å². The number of aromatic amines is 1. The Kier molecular flexibility index (Phi) is 5.13. The molecule has 5 rings (SSSR count). The van der Waals surface area contributed by atoms with E-state index in [9.17, 15) is 13.2 Å². The number of hydrogen-bond donors (Lipinski definition) is 3. The van der Waals surface area contributed by atoms with Gasteiger partial charge in [0.05, 0.1) is 18.3 Å². The smallest absolute Gasteiger partial charge is 0.280 e. The summed E-state index contributed by atoms with van der Waals surface area (Å²) in [6, 6.07) is 10.2. The lowest BCUT2D eigenvalue weighted by Gasteiger charge is -2.18. The van der Waals surface area contributed by atoms with Crippen molar-refractivity contribution in [2.24, 2.45) is 7.05 Å². The van der Waals surface area contributed by atoms with Gasteiger partial charge in [-0.15, -0.1) is 0 Å². The Balaban J connectivity index is 1.33. The SMILES string of the molecule is Cn1cnc(S(=O)(=O)Nc2ccc3[nH]nc(NC(=O)Cc4ccc5c(c4)OCCO5)c3c2)c1. The van der Waals surface area contributed by atoms with E-state index in [1.54, 1.807) is 48.0 Å². The zero-order chi connectivity index (χ0) is 23.0. The van der Waals surface area contributed by atoms with Crippen LogP contribution in [0.25, 0.3) is 10.9 Å². The Morgan fingerprint density at radius 1 is 1.15 bits per heavy atom. The molecule has 2 aromatic heterocycles. The number of aromatic nitrogens is 4. The van der Waals surface area contributed by atoms with Crippen LogP contribution in [-0.2, 0) is 28.3 Å². The first kappa shape index (κ1) is 20.8. The summed E-state index contributed by atoms with van der Waals surface area (Å²) in [7, 11) is -2.17. The minimum absolute atomic E-state index is 0.0924. The Labute approximate surface area is 188 Å². The third-order valence-electron chi connectivity index (χ3n) is 5.00. The Morgan fingerprint density at radius 3 is 2.76 bits per heavy atom. The van der Waals surface area contributed by atoms with E-state index in [4.69, 9.17) is 9.47 Å². The van der Waals surface area contributed by atoms with Crippen molar-refractivity contribution in [3.63, 3.8) is 0 Å². The Morgan fingerprint density at radius 2 is 1.97 bits per heavy atom. The molecule has 0 unspecified atom stereocenters. The standard InChI is InChI=1S/C21H20N6O5S/c1-27-11-20(22-12-27)33(29,30)26-14-3-4-16-15(10-14)21(25-24-16)23-19(28)9-13-2-5-17-18(8-13)32-7-6-31-17/h2-5,8,10-12,26H,6-7,9H2,1H3,(H2,23,24,25,28). The number of sulfonamides is 1. The highest BCUT2D eigenvalue weighted by Crippen LogP contribution is 2.31. The van der Waals surface area contributed by atoms with Crippen molar-refractivity contribution in [2.45, 2.75) is 11.4 Å². The summed E-state index contributed by atoms with van der Waals surface area (Å²) in [6.07, 6.45) is 2.92. The molecule has 11 nitrogen and oxygen atoms in total. The van der Waals surface area contributed by atoms with Gasteiger partial charge in [0.1, 0.15) is 13.2 Å². The minimum atomic E-state index is -3.85. The van der Waals surface area contributed by atoms with Crippen molar-refractivity contribution in [1.29, 1.82) is 0 Å². The third kappa shape index (κ3) is 4.32. The number of rotatable bonds is 6. The molecule has 0 saturated carbocycles. The number of nitrogens with zero attached hydrogens (tertiary/aromatic N) is 3. The van der Waals surface area contributed by atoms with Crippen LogP contribution in [-0.4, -0.2) is 47.3 Å². The number of nitrogens with one attached hydrogen (secondary N) is 3. The number of ether oxygens (including phenoxy) is 2. The lowest BCUT2D eigenvalue weighted by molar-refractivity contribution is -0.115. The highest BCUT2D eigenvalue weighted by Gasteiger charge is 2.19. The lowest BCUT2D eigenvalue weighted by Crippen LogP contribution is -2.17. The maximum Gasteiger partial charge on any atom is 0.280 e. The van der Waals surface area contributed by atoms with Crippen molar-refractivity contribution in [3.8, 4) is 11.5 Å². The predicted octanol–water partition coefficient (Wildman–Crippen LogP) is 2.05. The average Bonchev–Trinajstić information content (AvgIpc) is 3.40. The molecule has 0 saturated heterocycles. The van der Waals surface area contributed by atoms with Gasteiger partial charge in [-0.05, 0) is 35.9 Å². The second-order valence-corrected chi connectivity index (χ2v) is 9.15. The molecule has 3 N–H and O–H groups in total. The van der Waals surface area contributed by atoms with Crippen molar-refractivity contribution in [1.82, 2.24) is 19.7 Å². The second kappa shape index (κ2) is 8.13. The molecule has 4 aromatic rings. The average molecular weight is 468 g/mol. The van der Waals surface area contributed by atoms with Gasteiger partial charge in [0.15, 0.2) is 22.3 Å². The van der Waals surface area contributed by atoms with Crippen molar-refractivity contribution in [2.75, 3.05) is 23.3 Å². The molecule has 33 heavy (non-hydrogen) atoms. The van der Waals surface area contributed by atoms with Gasteiger partial charge in [-0.3, -0.25) is 14.6 Å². The van der Waals surface area contributed by atoms with Gasteiger partial charge < -0.3 is 19.4 Å². The van der Waals surface area contributed by atoms with Crippen LogP contribution < -0.4 is 19.5 Å². The second-order valence-electron chi connectivity index (χ2n) is 7.52. The molecular formula is C21H20N6O5S. The molecular weight excluding hydrogens is 448 g/mol. The summed E-state index contributed by atoms with van der Waals surface area (Å²) < 4.78 is 40.2. The molecule has 1 aliphatic rings. The predicted molar refractivity (Wildman–Crippen MR) is 120 cm³/mol. The van der Waals surface area contributed by atoms with Gasteiger partial charge in [-0.25, -0.2) is 4.98 Å². The first-order valence-electron chi connectivity index (χ1n) is 10.0. The van der Waals surface area contributed by atoms with Crippen LogP contribution in [0.5, 0.6) is 11.5 Å². The molecule has 0 aliphatic carbocycles. The number of anilines is 2. The topological polar surface area (TPSA) is 140 Å². The third-order valence-corrected chi connectivity index (χ3v) is 6.27. The van der Waals surface area contributed by atoms with Crippen LogP contribution in [0.1, 0.15) is 5.56 Å². The minimum Gasteiger partial charge on any atom is -0.486 e. The van der Waals surface area contributed by atoms with Crippen LogP contribution in [0.3, 0.4) is 0 Å². The summed E-state index contributed by atoms with van der Waals surface area (Å²) in [5, 5.41) is 10.2. The van der Waals surface area contributed by atoms with Gasteiger partial charge in [0, 0.05) is 24.3 Å². The van der Waals surface area contributed by atoms with E-state index in [0.717, 1.165) is 5.56 Å². The van der Waals surface area contributed by atoms with E-state index in [0.29, 0.717) is 47.1 Å². The molecule has 2 aromatic carbocycles. The van der Waals surface area contributed by atoms with Gasteiger partial charge in [-0.1, -0.05) is 6.07 Å². The first-order valence-corrected chi connectivity index (χ1v) is 11.5. The molecule has 0 radical (unpaired) electrons. The number of imidazole rings is 1. The number of aryl methyl sites for hydroxylation is 1. The fourth-order valence-electron chi connectivity index (χ4n) is 3.47. The molecule has 1 amide bonds. The largest absolute Gasteiger partial charge is 0.486 e. The molecule has 0 atom stereocenters. The number of amides is 1. The first-order chi connectivity index (χ1) is 15.9. The molecule has 1 aliphatic heterocycles. The van der Waals surface area contributed by atoms with Crippen molar-refractivity contribution in [3.05, 3.63) is 54.5 Å². The monoisotopic (exact) mass is 468 g/mol. The summed E-state index contributed by atoms with van der Waals surface area (Å²) in [5.41, 5.74) is 1.72. The van der Waals surface area contributed by atoms with Gasteiger partial charge in [-0.2, -0.15) is 13.5 Å². The zero-order valence-corrected chi connectivity index (χ0v) is 18.3. The Hall–Kier alpha value is -4.06. The maximum absolute atomic E-state index is 12.6. The van der Waals surface area contributed by atoms with E-state index >= 15 is 0 Å². The molecule has 0 bridgehead atoms. The van der Waals surface area contributed by atoms with Gasteiger partial charge >= 0.3 is 0 Å². The number of benzene rings is 2. The van der Waals surface area contributed by atoms with Crippen molar-refractivity contribution < 1.29 is 22.7 Å². The van der Waals surface area contributed by atoms with E-state index in [-0.39, 0.29) is 17.4 Å². The number of hydrogen-bond acceptors (Lipinski definition) is 7. The summed E-state index contributed by atoms with van der Waals surface area (Å²) >= 11 is 0. The van der Waals surface area contributed by atoms with E-state index in [1.807, 2.05) is 0 Å². The molecule has 170 valence electrons. The Bertz CT molecular complexity index is 1460. The molecule has 0 spiro atoms. The van der Waals surface area contributed by atoms with Gasteiger partial charge in [0.25, 0.3) is 10.0 Å². The fourth-order valence-corrected chi connectivity index (χ4v) is 4.50. The maximum atomic E-state index is 12.6. The number of carbonyl (C=O) groups excluding carboxylic acids is 1. The van der Waals surface area contributed by atoms with E-state index < -0.39 is 10.0 Å². The van der Waals surface area contributed by atoms with Crippen LogP contribution in [0.15, 0.2) is 53.9 Å². The summed E-state index contributed by atoms with van der Waals surface area (Å²) in [4.78, 5) is 16.5. The molecule has 12 heteroatoms. The number of carbonyl (C=O) groups is 1. The number of H-pyrrole nitrogens is 1. The summed E-state index contributed by atoms with van der Waals surface area (Å²) in [5.74, 6) is 1.29. The molecule has 3 heterocycles. The zero-order valence-electron chi connectivity index (χ0n) is 17.5. The number of fused-ring (bicyclic) bond motifs is 2. The van der Waals surface area contributed by atoms with Gasteiger partial charge in [0.2, 0.25) is 5.91 Å². The summed E-state index contributed by atoms with van der Waals surface area (Å²) in [6.45, 7) is 0.966. The molecule has 0 fully saturated rings. The van der Waals surface area contributed by atoms with Crippen LogP contribution in [0.4, 0.5) is 11.5 Å². The lowest BCUT2D eigenvalue weighted by atomic mass is 10.1. The van der Waals surface area contributed by atoms with E-state index in [2.05, 4.69) is 25.2 Å². The van der Waals surface area contributed by atoms with Crippen LogP contribution in [0, 0.1) is 0 Å². The fraction of sp³-hybridized carbons (Fsp3) is 0.190. The highest BCUT2D eigenvalue weighted by atomic mass is 32.2. The van der Waals surface area contributed by atoms with Crippen LogP contribution >= 0.6 is 0 Å².